The Bertz CT molecular complexity index is 1000. The number of nitrogens with one attached hydrogen (secondary N) is 2. The number of benzene rings is 2. The third kappa shape index (κ3) is 4.88. The van der Waals surface area contributed by atoms with Gasteiger partial charge in [-0.3, -0.25) is 4.79 Å². The van der Waals surface area contributed by atoms with E-state index in [-0.39, 0.29) is 12.2 Å². The fourth-order valence-electron chi connectivity index (χ4n) is 2.91. The normalized spacial score (nSPS) is 10.6. The van der Waals surface area contributed by atoms with Crippen LogP contribution in [0.2, 0.25) is 0 Å². The molecule has 28 heavy (non-hydrogen) atoms. The summed E-state index contributed by atoms with van der Waals surface area (Å²) in [5.74, 6) is 0.689. The second kappa shape index (κ2) is 9.34. The fraction of sp³-hybridized carbons (Fsp3) is 0.238. The van der Waals surface area contributed by atoms with E-state index >= 15 is 0 Å². The van der Waals surface area contributed by atoms with Gasteiger partial charge < -0.3 is 25.0 Å². The summed E-state index contributed by atoms with van der Waals surface area (Å²) in [5, 5.41) is 13.8. The summed E-state index contributed by atoms with van der Waals surface area (Å²) in [4.78, 5) is 17.4. The van der Waals surface area contributed by atoms with E-state index in [9.17, 15) is 9.90 Å². The van der Waals surface area contributed by atoms with Crippen LogP contribution in [0, 0.1) is 0 Å². The van der Waals surface area contributed by atoms with Crippen molar-refractivity contribution < 1.29 is 9.84 Å². The number of ether oxygens (including phenoxy) is 1. The molecule has 0 saturated heterocycles. The lowest BCUT2D eigenvalue weighted by atomic mass is 10.1. The number of hydrogen-bond donors (Lipinski definition) is 3. The number of thiocarbonyl (C=S) groups is 1. The van der Waals surface area contributed by atoms with E-state index in [0.29, 0.717) is 35.9 Å². The quantitative estimate of drug-likeness (QED) is 0.532. The van der Waals surface area contributed by atoms with Crippen molar-refractivity contribution >= 4 is 33.9 Å². The number of para-hydroxylation sites is 1. The molecule has 0 aliphatic carbocycles. The molecule has 0 fully saturated rings. The van der Waals surface area contributed by atoms with Crippen LogP contribution in [-0.2, 0) is 6.54 Å². The number of methoxy groups -OCH3 is 1. The number of nitrogens with zero attached hydrogens (tertiary/aromatic N) is 1. The average molecular weight is 398 g/mol. The standard InChI is InChI=1S/C21H23N3O3S/c1-27-18-9-8-15-12-16(20(26)23-19(15)13-18)14-24(10-5-11-25)21(28)22-17-6-3-2-4-7-17/h2-4,6-9,12-13,25H,5,10-11,14H2,1H3,(H,22,28)(H,23,26). The van der Waals surface area contributed by atoms with Gasteiger partial charge in [-0.25, -0.2) is 0 Å². The Kier molecular flexibility index (Phi) is 6.62. The molecule has 3 aromatic rings. The van der Waals surface area contributed by atoms with Crippen molar-refractivity contribution in [3.05, 3.63) is 70.5 Å². The molecule has 0 amide bonds. The molecule has 1 aromatic heterocycles. The topological polar surface area (TPSA) is 77.6 Å². The number of pyridine rings is 1. The van der Waals surface area contributed by atoms with Crippen molar-refractivity contribution in [3.63, 3.8) is 0 Å². The molecule has 0 radical (unpaired) electrons. The molecule has 0 atom stereocenters. The van der Waals surface area contributed by atoms with Crippen LogP contribution in [0.3, 0.4) is 0 Å². The highest BCUT2D eigenvalue weighted by atomic mass is 32.1. The molecule has 146 valence electrons. The lowest BCUT2D eigenvalue weighted by molar-refractivity contribution is 0.266. The van der Waals surface area contributed by atoms with Gasteiger partial charge in [0.25, 0.3) is 5.56 Å². The maximum Gasteiger partial charge on any atom is 0.253 e. The molecular formula is C21H23N3O3S. The largest absolute Gasteiger partial charge is 0.497 e. The molecule has 0 bridgehead atoms. The predicted molar refractivity (Wildman–Crippen MR) is 116 cm³/mol. The number of aliphatic hydroxyl groups is 1. The van der Waals surface area contributed by atoms with E-state index in [1.807, 2.05) is 53.4 Å². The number of aromatic nitrogens is 1. The molecule has 0 saturated carbocycles. The minimum Gasteiger partial charge on any atom is -0.497 e. The molecule has 3 rings (SSSR count). The summed E-state index contributed by atoms with van der Waals surface area (Å²) in [7, 11) is 1.59. The molecule has 3 N–H and O–H groups in total. The zero-order chi connectivity index (χ0) is 19.9. The summed E-state index contributed by atoms with van der Waals surface area (Å²) in [6.45, 7) is 0.934. The molecule has 1 heterocycles. The first-order valence-electron chi connectivity index (χ1n) is 9.02. The molecule has 2 aromatic carbocycles. The zero-order valence-corrected chi connectivity index (χ0v) is 16.5. The van der Waals surface area contributed by atoms with E-state index in [4.69, 9.17) is 17.0 Å². The van der Waals surface area contributed by atoms with Gasteiger partial charge in [0.15, 0.2) is 5.11 Å². The van der Waals surface area contributed by atoms with Crippen molar-refractivity contribution in [2.75, 3.05) is 25.6 Å². The van der Waals surface area contributed by atoms with Crippen molar-refractivity contribution in [1.82, 2.24) is 9.88 Å². The number of anilines is 1. The van der Waals surface area contributed by atoms with E-state index in [0.717, 1.165) is 16.6 Å². The van der Waals surface area contributed by atoms with E-state index in [1.54, 1.807) is 13.2 Å². The van der Waals surface area contributed by atoms with Gasteiger partial charge in [-0.2, -0.15) is 0 Å². The van der Waals surface area contributed by atoms with Gasteiger partial charge in [0.05, 0.1) is 19.2 Å². The Morgan fingerprint density at radius 3 is 2.71 bits per heavy atom. The summed E-state index contributed by atoms with van der Waals surface area (Å²) >= 11 is 5.55. The molecular weight excluding hydrogens is 374 g/mol. The van der Waals surface area contributed by atoms with Gasteiger partial charge in [0, 0.05) is 30.5 Å². The Hall–Kier alpha value is -2.90. The minimum absolute atomic E-state index is 0.0539. The van der Waals surface area contributed by atoms with Gasteiger partial charge in [-0.1, -0.05) is 18.2 Å². The summed E-state index contributed by atoms with van der Waals surface area (Å²) in [6.07, 6.45) is 0.555. The van der Waals surface area contributed by atoms with Crippen LogP contribution in [0.15, 0.2) is 59.4 Å². The van der Waals surface area contributed by atoms with Crippen molar-refractivity contribution in [2.45, 2.75) is 13.0 Å². The molecule has 0 aliphatic heterocycles. The third-order valence-corrected chi connectivity index (χ3v) is 4.75. The first-order chi connectivity index (χ1) is 13.6. The fourth-order valence-corrected chi connectivity index (χ4v) is 3.19. The van der Waals surface area contributed by atoms with Crippen LogP contribution in [0.4, 0.5) is 5.69 Å². The number of aliphatic hydroxyl groups excluding tert-OH is 1. The first kappa shape index (κ1) is 19.9. The van der Waals surface area contributed by atoms with E-state index in [2.05, 4.69) is 10.3 Å². The second-order valence-corrected chi connectivity index (χ2v) is 6.76. The highest BCUT2D eigenvalue weighted by molar-refractivity contribution is 7.80. The zero-order valence-electron chi connectivity index (χ0n) is 15.6. The first-order valence-corrected chi connectivity index (χ1v) is 9.43. The highest BCUT2D eigenvalue weighted by Crippen LogP contribution is 2.19. The lowest BCUT2D eigenvalue weighted by Gasteiger charge is -2.25. The molecule has 0 aliphatic rings. The smallest absolute Gasteiger partial charge is 0.253 e. The van der Waals surface area contributed by atoms with Crippen molar-refractivity contribution in [1.29, 1.82) is 0 Å². The lowest BCUT2D eigenvalue weighted by Crippen LogP contribution is -2.37. The summed E-state index contributed by atoms with van der Waals surface area (Å²) < 4.78 is 5.21. The SMILES string of the molecule is COc1ccc2cc(CN(CCCO)C(=S)Nc3ccccc3)c(=O)[nH]c2c1. The van der Waals surface area contributed by atoms with Gasteiger partial charge >= 0.3 is 0 Å². The number of aromatic amines is 1. The average Bonchev–Trinajstić information content (AvgIpc) is 2.71. The van der Waals surface area contributed by atoms with Crippen LogP contribution >= 0.6 is 12.2 Å². The minimum atomic E-state index is -0.169. The highest BCUT2D eigenvalue weighted by Gasteiger charge is 2.13. The van der Waals surface area contributed by atoms with Crippen LogP contribution in [0.25, 0.3) is 10.9 Å². The van der Waals surface area contributed by atoms with Crippen LogP contribution in [-0.4, -0.2) is 40.4 Å². The monoisotopic (exact) mass is 397 g/mol. The van der Waals surface area contributed by atoms with Gasteiger partial charge in [0.1, 0.15) is 5.75 Å². The van der Waals surface area contributed by atoms with E-state index < -0.39 is 0 Å². The maximum absolute atomic E-state index is 12.6. The van der Waals surface area contributed by atoms with E-state index in [1.165, 1.54) is 0 Å². The number of hydrogen-bond acceptors (Lipinski definition) is 4. The predicted octanol–water partition coefficient (Wildman–Crippen LogP) is 3.12. The number of H-pyrrole nitrogens is 1. The summed E-state index contributed by atoms with van der Waals surface area (Å²) in [5.41, 5.74) is 2.03. The second-order valence-electron chi connectivity index (χ2n) is 6.37. The number of rotatable bonds is 7. The van der Waals surface area contributed by atoms with Gasteiger partial charge in [-0.15, -0.1) is 0 Å². The van der Waals surface area contributed by atoms with Gasteiger partial charge in [-0.05, 0) is 54.4 Å². The maximum atomic E-state index is 12.6. The molecule has 7 heteroatoms. The Morgan fingerprint density at radius 2 is 2.00 bits per heavy atom. The van der Waals surface area contributed by atoms with Crippen LogP contribution < -0.4 is 15.6 Å². The Balaban J connectivity index is 1.84. The Labute approximate surface area is 168 Å². The number of fused-ring (bicyclic) bond motifs is 1. The summed E-state index contributed by atoms with van der Waals surface area (Å²) in [6, 6.07) is 17.1. The van der Waals surface area contributed by atoms with Gasteiger partial charge in [0.2, 0.25) is 0 Å². The van der Waals surface area contributed by atoms with Crippen LogP contribution in [0.1, 0.15) is 12.0 Å². The van der Waals surface area contributed by atoms with Crippen LogP contribution in [0.5, 0.6) is 5.75 Å². The molecule has 6 nitrogen and oxygen atoms in total. The molecule has 0 spiro atoms. The van der Waals surface area contributed by atoms with Crippen molar-refractivity contribution in [3.8, 4) is 5.75 Å². The third-order valence-electron chi connectivity index (χ3n) is 4.39. The van der Waals surface area contributed by atoms with Crippen molar-refractivity contribution in [2.24, 2.45) is 0 Å². The Morgan fingerprint density at radius 1 is 1.21 bits per heavy atom. The molecule has 0 unspecified atom stereocenters.